The first kappa shape index (κ1) is 18.6. The molecule has 0 aromatic carbocycles. The Morgan fingerprint density at radius 1 is 1.12 bits per heavy atom. The van der Waals surface area contributed by atoms with Gasteiger partial charge in [0.15, 0.2) is 0 Å². The van der Waals surface area contributed by atoms with Crippen molar-refractivity contribution in [2.24, 2.45) is 34.5 Å². The molecule has 0 saturated heterocycles. The smallest absolute Gasteiger partial charge is 0.303 e. The molecule has 4 fully saturated rings. The maximum Gasteiger partial charge on any atom is 0.303 e. The summed E-state index contributed by atoms with van der Waals surface area (Å²) in [5.74, 6) is 3.22. The molecule has 0 aliphatic heterocycles. The van der Waals surface area contributed by atoms with E-state index < -0.39 is 0 Å². The minimum Gasteiger partial charge on any atom is -0.459 e. The molecule has 146 valence electrons. The number of allylic oxidation sites excluding steroid dienone is 1. The predicted octanol–water partition coefficient (Wildman–Crippen LogP) is 6.30. The van der Waals surface area contributed by atoms with E-state index in [9.17, 15) is 4.79 Å². The molecule has 2 heteroatoms. The molecule has 2 nitrogen and oxygen atoms in total. The average molecular weight is 359 g/mol. The van der Waals surface area contributed by atoms with Crippen molar-refractivity contribution in [1.29, 1.82) is 0 Å². The number of esters is 1. The molecule has 4 aliphatic rings. The molecule has 0 bridgehead atoms. The fourth-order valence-corrected chi connectivity index (χ4v) is 8.48. The first-order valence-corrected chi connectivity index (χ1v) is 11.1. The number of fused-ring (bicyclic) bond motifs is 5. The van der Waals surface area contributed by atoms with Crippen LogP contribution in [0, 0.1) is 34.5 Å². The highest BCUT2D eigenvalue weighted by Gasteiger charge is 2.65. The maximum absolute atomic E-state index is 11.9. The van der Waals surface area contributed by atoms with Gasteiger partial charge in [0.1, 0.15) is 5.60 Å². The Morgan fingerprint density at radius 3 is 2.54 bits per heavy atom. The molecule has 0 aromatic rings. The van der Waals surface area contributed by atoms with Crippen LogP contribution in [-0.2, 0) is 9.53 Å². The van der Waals surface area contributed by atoms with Gasteiger partial charge in [-0.25, -0.2) is 0 Å². The summed E-state index contributed by atoms with van der Waals surface area (Å²) >= 11 is 0. The highest BCUT2D eigenvalue weighted by Crippen LogP contribution is 2.69. The van der Waals surface area contributed by atoms with Crippen molar-refractivity contribution in [1.82, 2.24) is 0 Å². The molecule has 0 radical (unpaired) electrons. The zero-order valence-corrected chi connectivity index (χ0v) is 17.4. The van der Waals surface area contributed by atoms with Crippen molar-refractivity contribution in [3.63, 3.8) is 0 Å². The fourth-order valence-electron chi connectivity index (χ4n) is 8.48. The molecular formula is C24H38O2. The molecule has 4 rings (SSSR count). The minimum absolute atomic E-state index is 0.0879. The van der Waals surface area contributed by atoms with Crippen LogP contribution in [0.2, 0.25) is 0 Å². The van der Waals surface area contributed by atoms with Crippen LogP contribution >= 0.6 is 0 Å². The predicted molar refractivity (Wildman–Crippen MR) is 106 cm³/mol. The second-order valence-corrected chi connectivity index (χ2v) is 10.6. The SMILES string of the molecule is C=C1CCC2CC[C@@H]3[C@H](CC[C@@]4(C)[C@H]3CC[C@@]4(CC)OC(C)=O)[C@@]2(C)C1. The third-order valence-electron chi connectivity index (χ3n) is 9.74. The number of carbonyl (C=O) groups excluding carboxylic acids is 1. The van der Waals surface area contributed by atoms with Crippen LogP contribution in [0.3, 0.4) is 0 Å². The summed E-state index contributed by atoms with van der Waals surface area (Å²) in [7, 11) is 0. The zero-order chi connectivity index (χ0) is 18.7. The average Bonchev–Trinajstić information content (AvgIpc) is 2.86. The molecule has 0 N–H and O–H groups in total. The lowest BCUT2D eigenvalue weighted by atomic mass is 9.44. The molecule has 26 heavy (non-hydrogen) atoms. The normalized spacial score (nSPS) is 50.5. The van der Waals surface area contributed by atoms with Crippen molar-refractivity contribution >= 4 is 5.97 Å². The van der Waals surface area contributed by atoms with Crippen molar-refractivity contribution in [2.45, 2.75) is 97.5 Å². The van der Waals surface area contributed by atoms with E-state index in [2.05, 4.69) is 27.4 Å². The number of hydrogen-bond donors (Lipinski definition) is 0. The van der Waals surface area contributed by atoms with Crippen LogP contribution in [0.15, 0.2) is 12.2 Å². The standard InChI is InChI=1S/C24H38O2/c1-6-24(26-17(3)25)14-12-21-19-10-9-18-8-7-16(2)15-22(18,4)20(19)11-13-23(21,24)5/h18-21H,2,6-15H2,1,3-5H3/t18?,19-,20+,21+,22+,23+,24-/m1/s1. The summed E-state index contributed by atoms with van der Waals surface area (Å²) in [6, 6.07) is 0. The Bertz CT molecular complexity index is 609. The molecule has 1 unspecified atom stereocenters. The van der Waals surface area contributed by atoms with Gasteiger partial charge >= 0.3 is 5.97 Å². The van der Waals surface area contributed by atoms with Gasteiger partial charge in [-0.1, -0.05) is 32.9 Å². The van der Waals surface area contributed by atoms with Crippen LogP contribution < -0.4 is 0 Å². The third kappa shape index (κ3) is 2.39. The van der Waals surface area contributed by atoms with Gasteiger partial charge in [0.05, 0.1) is 0 Å². The maximum atomic E-state index is 11.9. The zero-order valence-electron chi connectivity index (χ0n) is 17.4. The highest BCUT2D eigenvalue weighted by molar-refractivity contribution is 5.66. The topological polar surface area (TPSA) is 26.3 Å². The first-order chi connectivity index (χ1) is 12.3. The second kappa shape index (κ2) is 6.11. The monoisotopic (exact) mass is 358 g/mol. The van der Waals surface area contributed by atoms with E-state index in [1.165, 1.54) is 56.9 Å². The van der Waals surface area contributed by atoms with Crippen LogP contribution in [0.25, 0.3) is 0 Å². The van der Waals surface area contributed by atoms with Crippen LogP contribution in [-0.4, -0.2) is 11.6 Å². The van der Waals surface area contributed by atoms with E-state index in [0.29, 0.717) is 5.41 Å². The summed E-state index contributed by atoms with van der Waals surface area (Å²) in [5.41, 5.74) is 1.91. The first-order valence-electron chi connectivity index (χ1n) is 11.1. The Labute approximate surface area is 160 Å². The lowest BCUT2D eigenvalue weighted by Gasteiger charge is -2.61. The Morgan fingerprint density at radius 2 is 1.85 bits per heavy atom. The molecular weight excluding hydrogens is 320 g/mol. The van der Waals surface area contributed by atoms with Gasteiger partial charge in [0.25, 0.3) is 0 Å². The molecule has 4 aliphatic carbocycles. The summed E-state index contributed by atoms with van der Waals surface area (Å²) in [4.78, 5) is 11.9. The van der Waals surface area contributed by atoms with Gasteiger partial charge in [-0.2, -0.15) is 0 Å². The Kier molecular flexibility index (Phi) is 4.36. The summed E-state index contributed by atoms with van der Waals surface area (Å²) in [6.45, 7) is 13.3. The van der Waals surface area contributed by atoms with E-state index in [-0.39, 0.29) is 17.0 Å². The largest absolute Gasteiger partial charge is 0.459 e. The van der Waals surface area contributed by atoms with Gasteiger partial charge in [-0.05, 0) is 93.3 Å². The minimum atomic E-state index is -0.220. The van der Waals surface area contributed by atoms with Crippen molar-refractivity contribution < 1.29 is 9.53 Å². The van der Waals surface area contributed by atoms with Crippen LogP contribution in [0.1, 0.15) is 91.9 Å². The van der Waals surface area contributed by atoms with Gasteiger partial charge in [-0.3, -0.25) is 4.79 Å². The summed E-state index contributed by atoms with van der Waals surface area (Å²) in [6.07, 6.45) is 12.5. The number of rotatable bonds is 2. The number of carbonyl (C=O) groups is 1. The summed E-state index contributed by atoms with van der Waals surface area (Å²) in [5, 5.41) is 0. The van der Waals surface area contributed by atoms with E-state index in [1.807, 2.05) is 0 Å². The molecule has 0 heterocycles. The van der Waals surface area contributed by atoms with Crippen molar-refractivity contribution in [3.8, 4) is 0 Å². The lowest BCUT2D eigenvalue weighted by Crippen LogP contribution is -2.57. The highest BCUT2D eigenvalue weighted by atomic mass is 16.6. The van der Waals surface area contributed by atoms with Gasteiger partial charge in [0.2, 0.25) is 0 Å². The number of hydrogen-bond acceptors (Lipinski definition) is 2. The molecule has 0 spiro atoms. The third-order valence-corrected chi connectivity index (χ3v) is 9.74. The van der Waals surface area contributed by atoms with E-state index in [1.54, 1.807) is 6.92 Å². The van der Waals surface area contributed by atoms with Gasteiger partial charge in [-0.15, -0.1) is 0 Å². The van der Waals surface area contributed by atoms with Crippen molar-refractivity contribution in [3.05, 3.63) is 12.2 Å². The van der Waals surface area contributed by atoms with E-state index in [0.717, 1.165) is 36.5 Å². The van der Waals surface area contributed by atoms with Gasteiger partial charge < -0.3 is 4.74 Å². The van der Waals surface area contributed by atoms with Gasteiger partial charge in [0, 0.05) is 12.3 Å². The Balaban J connectivity index is 1.65. The second-order valence-electron chi connectivity index (χ2n) is 10.6. The molecule has 0 aromatic heterocycles. The van der Waals surface area contributed by atoms with Crippen LogP contribution in [0.4, 0.5) is 0 Å². The number of ether oxygens (including phenoxy) is 1. The van der Waals surface area contributed by atoms with E-state index >= 15 is 0 Å². The molecule has 4 saturated carbocycles. The lowest BCUT2D eigenvalue weighted by molar-refractivity contribution is -0.187. The molecule has 0 amide bonds. The fraction of sp³-hybridized carbons (Fsp3) is 0.875. The quantitative estimate of drug-likeness (QED) is 0.428. The summed E-state index contributed by atoms with van der Waals surface area (Å²) < 4.78 is 6.10. The Hall–Kier alpha value is -0.790. The van der Waals surface area contributed by atoms with Crippen molar-refractivity contribution in [2.75, 3.05) is 0 Å². The molecule has 7 atom stereocenters. The van der Waals surface area contributed by atoms with Crippen LogP contribution in [0.5, 0.6) is 0 Å². The van der Waals surface area contributed by atoms with E-state index in [4.69, 9.17) is 4.74 Å².